The van der Waals surface area contributed by atoms with Crippen LogP contribution in [0, 0.1) is 5.92 Å². The van der Waals surface area contributed by atoms with E-state index in [1.54, 1.807) is 0 Å². The summed E-state index contributed by atoms with van der Waals surface area (Å²) in [5, 5.41) is 0. The highest BCUT2D eigenvalue weighted by molar-refractivity contribution is 5.74. The summed E-state index contributed by atoms with van der Waals surface area (Å²) < 4.78 is 0. The fourth-order valence-electron chi connectivity index (χ4n) is 2.39. The van der Waals surface area contributed by atoms with Gasteiger partial charge in [-0.25, -0.2) is 0 Å². The highest BCUT2D eigenvalue weighted by Crippen LogP contribution is 2.26. The molecular weight excluding hydrogens is 240 g/mol. The van der Waals surface area contributed by atoms with Gasteiger partial charge in [0.05, 0.1) is 0 Å². The largest absolute Gasteiger partial charge is 0.0776 e. The molecule has 0 saturated carbocycles. The summed E-state index contributed by atoms with van der Waals surface area (Å²) in [4.78, 5) is 0. The predicted molar refractivity (Wildman–Crippen MR) is 91.5 cm³/mol. The third-order valence-electron chi connectivity index (χ3n) is 3.38. The minimum Gasteiger partial charge on any atom is -0.0776 e. The Labute approximate surface area is 123 Å². The van der Waals surface area contributed by atoms with Crippen LogP contribution < -0.4 is 0 Å². The molecule has 0 heterocycles. The molecule has 1 aromatic rings. The highest BCUT2D eigenvalue weighted by Gasteiger charge is 2.09. The van der Waals surface area contributed by atoms with E-state index in [4.69, 9.17) is 0 Å². The summed E-state index contributed by atoms with van der Waals surface area (Å²) >= 11 is 0. The second-order valence-corrected chi connectivity index (χ2v) is 4.59. The van der Waals surface area contributed by atoms with Gasteiger partial charge in [-0.2, -0.15) is 0 Å². The zero-order chi connectivity index (χ0) is 12.2. The Balaban J connectivity index is 0.000001000. The molecule has 0 spiro atoms. The molecule has 0 N–H and O–H groups in total. The summed E-state index contributed by atoms with van der Waals surface area (Å²) in [6.07, 6.45) is 18.8. The molecule has 1 aromatic carbocycles. The summed E-state index contributed by atoms with van der Waals surface area (Å²) in [6.45, 7) is 0. The molecule has 0 saturated heterocycles. The van der Waals surface area contributed by atoms with Crippen molar-refractivity contribution in [2.45, 2.75) is 21.3 Å². The van der Waals surface area contributed by atoms with Gasteiger partial charge in [0.2, 0.25) is 0 Å². The molecule has 0 aliphatic heterocycles. The standard InChI is InChI=1S/C18H16.2CH4/c1-2-7-15(8-3-1)18-12-6-11-16-9-4-5-10-17(16)13-14-18;;/h1-5,7-14,17H,6H2;2*1H4/b14-13?,16-11-,18-12?;;. The van der Waals surface area contributed by atoms with Crippen LogP contribution in [0.15, 0.2) is 84.5 Å². The lowest BCUT2D eigenvalue weighted by Gasteiger charge is -2.15. The van der Waals surface area contributed by atoms with Crippen molar-refractivity contribution in [2.24, 2.45) is 5.92 Å². The zero-order valence-electron chi connectivity index (χ0n) is 10.3. The van der Waals surface area contributed by atoms with E-state index in [0.29, 0.717) is 5.92 Å². The van der Waals surface area contributed by atoms with Crippen LogP contribution in [0.25, 0.3) is 5.57 Å². The summed E-state index contributed by atoms with van der Waals surface area (Å²) in [5.41, 5.74) is 4.01. The van der Waals surface area contributed by atoms with Crippen molar-refractivity contribution in [1.29, 1.82) is 0 Å². The van der Waals surface area contributed by atoms with Gasteiger partial charge in [-0.1, -0.05) is 93.8 Å². The van der Waals surface area contributed by atoms with Gasteiger partial charge in [0.15, 0.2) is 0 Å². The maximum Gasteiger partial charge on any atom is 0.0202 e. The number of benzene rings is 1. The fourth-order valence-corrected chi connectivity index (χ4v) is 2.39. The summed E-state index contributed by atoms with van der Waals surface area (Å²) in [5.74, 6) is 0.433. The third-order valence-corrected chi connectivity index (χ3v) is 3.38. The van der Waals surface area contributed by atoms with Crippen LogP contribution in [0.1, 0.15) is 26.8 Å². The van der Waals surface area contributed by atoms with E-state index in [0.717, 1.165) is 6.42 Å². The minimum absolute atomic E-state index is 0. The summed E-state index contributed by atoms with van der Waals surface area (Å²) in [7, 11) is 0. The lowest BCUT2D eigenvalue weighted by molar-refractivity contribution is 0.979. The number of hydrogen-bond donors (Lipinski definition) is 0. The van der Waals surface area contributed by atoms with Crippen molar-refractivity contribution in [3.05, 3.63) is 90.1 Å². The van der Waals surface area contributed by atoms with E-state index in [1.807, 2.05) is 0 Å². The monoisotopic (exact) mass is 264 g/mol. The van der Waals surface area contributed by atoms with Crippen LogP contribution in [0.2, 0.25) is 0 Å². The van der Waals surface area contributed by atoms with Crippen LogP contribution in [0.3, 0.4) is 0 Å². The zero-order valence-corrected chi connectivity index (χ0v) is 10.3. The van der Waals surface area contributed by atoms with Crippen molar-refractivity contribution >= 4 is 5.57 Å². The first-order valence-corrected chi connectivity index (χ1v) is 6.42. The van der Waals surface area contributed by atoms with Gasteiger partial charge in [-0.15, -0.1) is 0 Å². The van der Waals surface area contributed by atoms with Gasteiger partial charge in [-0.05, 0) is 23.1 Å². The SMILES string of the molecule is C.C.C1=C/C2=C/CC=C(c3ccccc3)C=CC2C=C1. The van der Waals surface area contributed by atoms with Gasteiger partial charge in [0.1, 0.15) is 0 Å². The number of allylic oxidation sites excluding steroid dienone is 10. The molecule has 0 amide bonds. The molecule has 0 nitrogen and oxygen atoms in total. The predicted octanol–water partition coefficient (Wildman–Crippen LogP) is 5.97. The number of rotatable bonds is 1. The third kappa shape index (κ3) is 3.48. The second-order valence-electron chi connectivity index (χ2n) is 4.59. The Morgan fingerprint density at radius 3 is 2.40 bits per heavy atom. The maximum absolute atomic E-state index is 2.32. The Bertz CT molecular complexity index is 565. The first-order valence-electron chi connectivity index (χ1n) is 6.42. The Morgan fingerprint density at radius 1 is 0.800 bits per heavy atom. The van der Waals surface area contributed by atoms with Crippen molar-refractivity contribution < 1.29 is 0 Å². The fraction of sp³-hybridized carbons (Fsp3) is 0.200. The molecular formula is C20H24. The normalized spacial score (nSPS) is 22.1. The van der Waals surface area contributed by atoms with Crippen LogP contribution >= 0.6 is 0 Å². The number of fused-ring (bicyclic) bond motifs is 1. The van der Waals surface area contributed by atoms with Crippen LogP contribution in [0.4, 0.5) is 0 Å². The first-order chi connectivity index (χ1) is 8.93. The topological polar surface area (TPSA) is 0 Å². The van der Waals surface area contributed by atoms with Crippen LogP contribution in [-0.4, -0.2) is 0 Å². The number of hydrogen-bond acceptors (Lipinski definition) is 0. The average molecular weight is 264 g/mol. The van der Waals surface area contributed by atoms with Crippen molar-refractivity contribution in [2.75, 3.05) is 0 Å². The molecule has 0 bridgehead atoms. The average Bonchev–Trinajstić information content (AvgIpc) is 2.41. The van der Waals surface area contributed by atoms with Crippen molar-refractivity contribution in [1.82, 2.24) is 0 Å². The maximum atomic E-state index is 2.32. The molecule has 20 heavy (non-hydrogen) atoms. The van der Waals surface area contributed by atoms with Crippen LogP contribution in [-0.2, 0) is 0 Å². The van der Waals surface area contributed by atoms with E-state index in [1.165, 1.54) is 16.7 Å². The van der Waals surface area contributed by atoms with Gasteiger partial charge in [0, 0.05) is 5.92 Å². The molecule has 3 rings (SSSR count). The smallest absolute Gasteiger partial charge is 0.0202 e. The Morgan fingerprint density at radius 2 is 1.60 bits per heavy atom. The van der Waals surface area contributed by atoms with Crippen molar-refractivity contribution in [3.63, 3.8) is 0 Å². The Hall–Kier alpha value is -2.08. The lowest BCUT2D eigenvalue weighted by Crippen LogP contribution is -1.99. The quantitative estimate of drug-likeness (QED) is 0.586. The van der Waals surface area contributed by atoms with E-state index in [2.05, 4.69) is 78.9 Å². The molecule has 0 radical (unpaired) electrons. The first kappa shape index (κ1) is 16.0. The van der Waals surface area contributed by atoms with Gasteiger partial charge in [0.25, 0.3) is 0 Å². The molecule has 2 aliphatic rings. The van der Waals surface area contributed by atoms with E-state index in [9.17, 15) is 0 Å². The minimum atomic E-state index is 0. The molecule has 104 valence electrons. The Kier molecular flexibility index (Phi) is 5.99. The van der Waals surface area contributed by atoms with Crippen molar-refractivity contribution in [3.8, 4) is 0 Å². The molecule has 0 aromatic heterocycles. The molecule has 1 unspecified atom stereocenters. The van der Waals surface area contributed by atoms with Gasteiger partial charge in [-0.3, -0.25) is 0 Å². The lowest BCUT2D eigenvalue weighted by atomic mass is 9.90. The second kappa shape index (κ2) is 7.49. The van der Waals surface area contributed by atoms with Gasteiger partial charge >= 0.3 is 0 Å². The summed E-state index contributed by atoms with van der Waals surface area (Å²) in [6, 6.07) is 10.6. The molecule has 0 heteroatoms. The van der Waals surface area contributed by atoms with E-state index < -0.39 is 0 Å². The van der Waals surface area contributed by atoms with Gasteiger partial charge < -0.3 is 0 Å². The van der Waals surface area contributed by atoms with E-state index >= 15 is 0 Å². The molecule has 1 atom stereocenters. The molecule has 2 aliphatic carbocycles. The molecule has 0 fully saturated rings. The van der Waals surface area contributed by atoms with Crippen LogP contribution in [0.5, 0.6) is 0 Å². The highest BCUT2D eigenvalue weighted by atomic mass is 14.1. The van der Waals surface area contributed by atoms with E-state index in [-0.39, 0.29) is 14.9 Å².